The maximum Gasteiger partial charge on any atom is 0.150 e. The van der Waals surface area contributed by atoms with E-state index in [1.165, 1.54) is 0 Å². The largest absolute Gasteiger partial charge is 0.496 e. The van der Waals surface area contributed by atoms with Crippen LogP contribution in [0, 0.1) is 18.3 Å². The van der Waals surface area contributed by atoms with E-state index in [4.69, 9.17) is 14.5 Å². The van der Waals surface area contributed by atoms with Gasteiger partial charge in [0.1, 0.15) is 5.75 Å². The molecule has 0 aliphatic heterocycles. The molecule has 0 atom stereocenters. The lowest BCUT2D eigenvalue weighted by Crippen LogP contribution is -2.13. The van der Waals surface area contributed by atoms with Crippen LogP contribution in [0.25, 0.3) is 0 Å². The van der Waals surface area contributed by atoms with Crippen molar-refractivity contribution in [2.75, 3.05) is 7.11 Å². The first-order chi connectivity index (χ1) is 9.22. The summed E-state index contributed by atoms with van der Waals surface area (Å²) in [6.45, 7) is 3.06. The van der Waals surface area contributed by atoms with Gasteiger partial charge in [0, 0.05) is 18.2 Å². The highest BCUT2D eigenvalue weighted by Crippen LogP contribution is 2.19. The molecule has 0 bridgehead atoms. The van der Waals surface area contributed by atoms with E-state index in [1.54, 1.807) is 19.2 Å². The molecule has 2 aromatic rings. The minimum atomic E-state index is 0.584. The van der Waals surface area contributed by atoms with Gasteiger partial charge in [-0.1, -0.05) is 5.16 Å². The highest BCUT2D eigenvalue weighted by Gasteiger charge is 2.05. The highest BCUT2D eigenvalue weighted by atomic mass is 16.5. The lowest BCUT2D eigenvalue weighted by atomic mass is 10.1. The third-order valence-corrected chi connectivity index (χ3v) is 2.70. The molecular weight excluding hydrogens is 242 g/mol. The summed E-state index contributed by atoms with van der Waals surface area (Å²) in [5.74, 6) is 1.55. The van der Waals surface area contributed by atoms with Crippen LogP contribution in [0.1, 0.15) is 22.6 Å². The van der Waals surface area contributed by atoms with Crippen molar-refractivity contribution >= 4 is 0 Å². The number of nitrogens with zero attached hydrogens (tertiary/aromatic N) is 2. The van der Waals surface area contributed by atoms with Crippen molar-refractivity contribution in [3.8, 4) is 11.8 Å². The number of rotatable bonds is 5. The molecule has 0 saturated carbocycles. The molecule has 0 fully saturated rings. The molecule has 0 amide bonds. The molecule has 1 aromatic carbocycles. The normalized spacial score (nSPS) is 10.2. The third kappa shape index (κ3) is 3.33. The van der Waals surface area contributed by atoms with E-state index in [1.807, 2.05) is 19.1 Å². The lowest BCUT2D eigenvalue weighted by Gasteiger charge is -2.09. The Bertz CT molecular complexity index is 599. The molecule has 19 heavy (non-hydrogen) atoms. The first kappa shape index (κ1) is 13.1. The Morgan fingerprint density at radius 3 is 2.84 bits per heavy atom. The zero-order chi connectivity index (χ0) is 13.7. The number of nitrogens with one attached hydrogen (secondary N) is 1. The Labute approximate surface area is 111 Å². The number of aryl methyl sites for hydroxylation is 1. The minimum Gasteiger partial charge on any atom is -0.496 e. The average Bonchev–Trinajstić information content (AvgIpc) is 2.84. The smallest absolute Gasteiger partial charge is 0.150 e. The molecular formula is C14H15N3O2. The summed E-state index contributed by atoms with van der Waals surface area (Å²) in [6.07, 6.45) is 0. The Morgan fingerprint density at radius 1 is 1.37 bits per heavy atom. The number of methoxy groups -OCH3 is 1. The number of hydrogen-bond acceptors (Lipinski definition) is 5. The second-order valence-corrected chi connectivity index (χ2v) is 4.18. The summed E-state index contributed by atoms with van der Waals surface area (Å²) in [6, 6.07) is 9.36. The van der Waals surface area contributed by atoms with Gasteiger partial charge in [-0.15, -0.1) is 0 Å². The minimum absolute atomic E-state index is 0.584. The molecule has 0 radical (unpaired) electrons. The van der Waals surface area contributed by atoms with E-state index < -0.39 is 0 Å². The Kier molecular flexibility index (Phi) is 4.16. The maximum absolute atomic E-state index is 8.90. The van der Waals surface area contributed by atoms with Crippen LogP contribution in [0.5, 0.6) is 5.75 Å². The second kappa shape index (κ2) is 6.03. The molecule has 0 unspecified atom stereocenters. The van der Waals surface area contributed by atoms with Crippen LogP contribution in [0.15, 0.2) is 28.8 Å². The first-order valence-corrected chi connectivity index (χ1v) is 5.93. The van der Waals surface area contributed by atoms with Crippen LogP contribution >= 0.6 is 0 Å². The van der Waals surface area contributed by atoms with Gasteiger partial charge in [0.15, 0.2) is 5.76 Å². The number of ether oxygens (including phenoxy) is 1. The van der Waals surface area contributed by atoms with Crippen molar-refractivity contribution in [1.82, 2.24) is 10.5 Å². The molecule has 1 heterocycles. The van der Waals surface area contributed by atoms with Gasteiger partial charge in [-0.3, -0.25) is 0 Å². The molecule has 5 heteroatoms. The lowest BCUT2D eigenvalue weighted by molar-refractivity contribution is 0.368. The summed E-state index contributed by atoms with van der Waals surface area (Å²) in [7, 11) is 1.62. The summed E-state index contributed by atoms with van der Waals surface area (Å²) < 4.78 is 10.4. The first-order valence-electron chi connectivity index (χ1n) is 5.93. The van der Waals surface area contributed by atoms with Gasteiger partial charge in [-0.25, -0.2) is 0 Å². The summed E-state index contributed by atoms with van der Waals surface area (Å²) >= 11 is 0. The van der Waals surface area contributed by atoms with Gasteiger partial charge in [-0.05, 0) is 25.1 Å². The standard InChI is InChI=1S/C14H15N3O2/c1-10-5-13(19-17-10)9-16-8-12-6-11(7-15)3-4-14(12)18-2/h3-6,16H,8-9H2,1-2H3. The maximum atomic E-state index is 8.90. The topological polar surface area (TPSA) is 71.1 Å². The van der Waals surface area contributed by atoms with E-state index in [-0.39, 0.29) is 0 Å². The zero-order valence-corrected chi connectivity index (χ0v) is 10.9. The predicted molar refractivity (Wildman–Crippen MR) is 69.5 cm³/mol. The molecule has 0 spiro atoms. The average molecular weight is 257 g/mol. The number of nitriles is 1. The van der Waals surface area contributed by atoms with Gasteiger partial charge in [-0.2, -0.15) is 5.26 Å². The number of benzene rings is 1. The molecule has 0 aliphatic rings. The molecule has 0 saturated heterocycles. The molecule has 1 N–H and O–H groups in total. The van der Waals surface area contributed by atoms with Gasteiger partial charge < -0.3 is 14.6 Å². The van der Waals surface area contributed by atoms with Crippen LogP contribution < -0.4 is 10.1 Å². The Morgan fingerprint density at radius 2 is 2.21 bits per heavy atom. The zero-order valence-electron chi connectivity index (χ0n) is 10.9. The number of hydrogen-bond donors (Lipinski definition) is 1. The molecule has 0 aliphatic carbocycles. The van der Waals surface area contributed by atoms with Crippen LogP contribution in [0.3, 0.4) is 0 Å². The fraction of sp³-hybridized carbons (Fsp3) is 0.286. The quantitative estimate of drug-likeness (QED) is 0.888. The predicted octanol–water partition coefficient (Wildman–Crippen LogP) is 2.15. The van der Waals surface area contributed by atoms with Crippen LogP contribution in [0.4, 0.5) is 0 Å². The Balaban J connectivity index is 2.00. The van der Waals surface area contributed by atoms with Crippen molar-refractivity contribution in [1.29, 1.82) is 5.26 Å². The highest BCUT2D eigenvalue weighted by molar-refractivity contribution is 5.41. The van der Waals surface area contributed by atoms with Crippen molar-refractivity contribution in [3.63, 3.8) is 0 Å². The molecule has 1 aromatic heterocycles. The van der Waals surface area contributed by atoms with E-state index in [9.17, 15) is 0 Å². The third-order valence-electron chi connectivity index (χ3n) is 2.70. The summed E-state index contributed by atoms with van der Waals surface area (Å²) in [5.41, 5.74) is 2.42. The Hall–Kier alpha value is -2.32. The van der Waals surface area contributed by atoms with Gasteiger partial charge in [0.25, 0.3) is 0 Å². The van der Waals surface area contributed by atoms with Crippen LogP contribution in [0.2, 0.25) is 0 Å². The van der Waals surface area contributed by atoms with E-state index >= 15 is 0 Å². The molecule has 2 rings (SSSR count). The SMILES string of the molecule is COc1ccc(C#N)cc1CNCc1cc(C)no1. The van der Waals surface area contributed by atoms with Crippen LogP contribution in [-0.4, -0.2) is 12.3 Å². The van der Waals surface area contributed by atoms with Crippen molar-refractivity contribution in [3.05, 3.63) is 46.8 Å². The monoisotopic (exact) mass is 257 g/mol. The fourth-order valence-corrected chi connectivity index (χ4v) is 1.81. The van der Waals surface area contributed by atoms with Crippen molar-refractivity contribution in [2.24, 2.45) is 0 Å². The van der Waals surface area contributed by atoms with Gasteiger partial charge >= 0.3 is 0 Å². The van der Waals surface area contributed by atoms with E-state index in [0.717, 1.165) is 22.8 Å². The summed E-state index contributed by atoms with van der Waals surface area (Å²) in [5, 5.41) is 16.0. The number of aromatic nitrogens is 1. The van der Waals surface area contributed by atoms with E-state index in [0.29, 0.717) is 18.7 Å². The second-order valence-electron chi connectivity index (χ2n) is 4.18. The van der Waals surface area contributed by atoms with Crippen molar-refractivity contribution in [2.45, 2.75) is 20.0 Å². The van der Waals surface area contributed by atoms with Crippen molar-refractivity contribution < 1.29 is 9.26 Å². The molecule has 5 nitrogen and oxygen atoms in total. The van der Waals surface area contributed by atoms with Gasteiger partial charge in [0.2, 0.25) is 0 Å². The van der Waals surface area contributed by atoms with Crippen LogP contribution in [-0.2, 0) is 13.1 Å². The summed E-state index contributed by atoms with van der Waals surface area (Å²) in [4.78, 5) is 0. The van der Waals surface area contributed by atoms with Gasteiger partial charge in [0.05, 0.1) is 31.0 Å². The van der Waals surface area contributed by atoms with E-state index in [2.05, 4.69) is 16.5 Å². The fourth-order valence-electron chi connectivity index (χ4n) is 1.81. The molecule has 98 valence electrons.